The molecule has 140 valence electrons. The smallest absolute Gasteiger partial charge is 0.159 e. The molecule has 0 N–H and O–H groups in total. The molecule has 0 radical (unpaired) electrons. The third-order valence-electron chi connectivity index (χ3n) is 6.15. The number of hydrogen-bond acceptors (Lipinski definition) is 2. The van der Waals surface area contributed by atoms with Crippen LogP contribution in [0.2, 0.25) is 0 Å². The van der Waals surface area contributed by atoms with E-state index in [1.807, 2.05) is 6.07 Å². The summed E-state index contributed by atoms with van der Waals surface area (Å²) >= 11 is 0. The molecule has 0 spiro atoms. The van der Waals surface area contributed by atoms with Gasteiger partial charge in [-0.15, -0.1) is 0 Å². The molecular formula is C24H33NO. The Kier molecular flexibility index (Phi) is 4.90. The summed E-state index contributed by atoms with van der Waals surface area (Å²) in [5.74, 6) is 1.31. The largest absolute Gasteiger partial charge is 0.357 e. The number of fused-ring (bicyclic) bond motifs is 1. The van der Waals surface area contributed by atoms with E-state index < -0.39 is 0 Å². The maximum absolute atomic E-state index is 5.35. The highest BCUT2D eigenvalue weighted by Gasteiger charge is 2.38. The quantitative estimate of drug-likeness (QED) is 0.587. The molecule has 26 heavy (non-hydrogen) atoms. The molecular weight excluding hydrogens is 318 g/mol. The Hall–Kier alpha value is -1.83. The van der Waals surface area contributed by atoms with E-state index in [4.69, 9.17) is 4.52 Å². The number of hydrogen-bond donors (Lipinski definition) is 0. The zero-order valence-electron chi connectivity index (χ0n) is 17.4. The molecule has 1 aliphatic rings. The van der Waals surface area contributed by atoms with E-state index in [0.717, 1.165) is 12.2 Å². The van der Waals surface area contributed by atoms with Crippen molar-refractivity contribution in [3.8, 4) is 0 Å². The molecule has 2 nitrogen and oxygen atoms in total. The highest BCUT2D eigenvalue weighted by Crippen LogP contribution is 2.48. The predicted molar refractivity (Wildman–Crippen MR) is 110 cm³/mol. The molecule has 0 aliphatic heterocycles. The van der Waals surface area contributed by atoms with Gasteiger partial charge >= 0.3 is 0 Å². The minimum absolute atomic E-state index is 0.222. The summed E-state index contributed by atoms with van der Waals surface area (Å²) in [5.41, 5.74) is 7.67. The van der Waals surface area contributed by atoms with Crippen LogP contribution in [0.25, 0.3) is 11.6 Å². The second-order valence-electron chi connectivity index (χ2n) is 9.35. The van der Waals surface area contributed by atoms with Crippen molar-refractivity contribution in [2.45, 2.75) is 84.5 Å². The maximum Gasteiger partial charge on any atom is 0.159 e. The van der Waals surface area contributed by atoms with Gasteiger partial charge in [0.2, 0.25) is 0 Å². The Bertz CT molecular complexity index is 807. The number of rotatable bonds is 4. The van der Waals surface area contributed by atoms with Gasteiger partial charge in [0.05, 0.1) is 6.20 Å². The lowest BCUT2D eigenvalue weighted by Gasteiger charge is -2.43. The second-order valence-corrected chi connectivity index (χ2v) is 9.35. The van der Waals surface area contributed by atoms with Gasteiger partial charge in [-0.2, -0.15) is 0 Å². The highest BCUT2D eigenvalue weighted by molar-refractivity contribution is 5.82. The average Bonchev–Trinajstić information content (AvgIpc) is 3.09. The molecule has 0 amide bonds. The Balaban J connectivity index is 2.25. The van der Waals surface area contributed by atoms with Crippen molar-refractivity contribution in [2.75, 3.05) is 0 Å². The fourth-order valence-electron chi connectivity index (χ4n) is 4.23. The summed E-state index contributed by atoms with van der Waals surface area (Å²) in [6.07, 6.45) is 7.32. The van der Waals surface area contributed by atoms with E-state index in [1.54, 1.807) is 6.20 Å². The lowest BCUT2D eigenvalue weighted by atomic mass is 9.62. The minimum Gasteiger partial charge on any atom is -0.357 e. The molecule has 2 heteroatoms. The van der Waals surface area contributed by atoms with Crippen molar-refractivity contribution in [1.82, 2.24) is 5.16 Å². The Labute approximate surface area is 158 Å². The third-order valence-corrected chi connectivity index (χ3v) is 6.15. The maximum atomic E-state index is 5.35. The van der Waals surface area contributed by atoms with Gasteiger partial charge in [-0.05, 0) is 69.9 Å². The minimum atomic E-state index is 0.222. The molecule has 3 rings (SSSR count). The van der Waals surface area contributed by atoms with E-state index in [2.05, 4.69) is 71.8 Å². The Morgan fingerprint density at radius 1 is 1.12 bits per heavy atom. The molecule has 0 saturated carbocycles. The molecule has 1 aromatic carbocycles. The van der Waals surface area contributed by atoms with Crippen LogP contribution in [-0.2, 0) is 10.8 Å². The summed E-state index contributed by atoms with van der Waals surface area (Å²) in [5, 5.41) is 3.85. The zero-order chi connectivity index (χ0) is 19.1. The molecule has 2 aromatic rings. The highest BCUT2D eigenvalue weighted by atomic mass is 16.5. The topological polar surface area (TPSA) is 26.0 Å². The van der Waals surface area contributed by atoms with Crippen molar-refractivity contribution in [3.63, 3.8) is 0 Å². The molecule has 0 saturated heterocycles. The van der Waals surface area contributed by atoms with E-state index in [0.29, 0.717) is 5.92 Å². The number of nitrogens with zero attached hydrogens (tertiary/aromatic N) is 1. The molecule has 1 aromatic heterocycles. The normalized spacial score (nSPS) is 18.8. The summed E-state index contributed by atoms with van der Waals surface area (Å²) < 4.78 is 5.35. The van der Waals surface area contributed by atoms with Gasteiger partial charge in [0.15, 0.2) is 5.76 Å². The zero-order valence-corrected chi connectivity index (χ0v) is 17.4. The summed E-state index contributed by atoms with van der Waals surface area (Å²) in [7, 11) is 0. The van der Waals surface area contributed by atoms with Gasteiger partial charge in [-0.1, -0.05) is 65.8 Å². The van der Waals surface area contributed by atoms with Crippen molar-refractivity contribution < 1.29 is 4.52 Å². The number of aromatic nitrogens is 1. The van der Waals surface area contributed by atoms with Crippen LogP contribution in [0.15, 0.2) is 28.9 Å². The number of allylic oxidation sites excluding steroid dienone is 1. The SMILES string of the molecule is CCC(=Cc1ccno1)c1cc2c(cc1C(C)C)C(C)(C)CCC2(C)C. The van der Waals surface area contributed by atoms with Crippen LogP contribution in [-0.4, -0.2) is 5.16 Å². The van der Waals surface area contributed by atoms with Crippen LogP contribution >= 0.6 is 0 Å². The van der Waals surface area contributed by atoms with Gasteiger partial charge in [-0.3, -0.25) is 0 Å². The summed E-state index contributed by atoms with van der Waals surface area (Å²) in [4.78, 5) is 0. The fourth-order valence-corrected chi connectivity index (χ4v) is 4.23. The fraction of sp³-hybridized carbons (Fsp3) is 0.542. The van der Waals surface area contributed by atoms with Gasteiger partial charge < -0.3 is 4.52 Å². The third kappa shape index (κ3) is 3.39. The van der Waals surface area contributed by atoms with Crippen molar-refractivity contribution in [2.24, 2.45) is 0 Å². The molecule has 1 aliphatic carbocycles. The van der Waals surface area contributed by atoms with Crippen LogP contribution in [0.3, 0.4) is 0 Å². The predicted octanol–water partition coefficient (Wildman–Crippen LogP) is 7.10. The lowest BCUT2D eigenvalue weighted by Crippen LogP contribution is -2.34. The van der Waals surface area contributed by atoms with Crippen molar-refractivity contribution in [1.29, 1.82) is 0 Å². The Morgan fingerprint density at radius 3 is 2.23 bits per heavy atom. The number of benzene rings is 1. The van der Waals surface area contributed by atoms with Crippen LogP contribution in [0.4, 0.5) is 0 Å². The molecule has 0 unspecified atom stereocenters. The lowest BCUT2D eigenvalue weighted by molar-refractivity contribution is 0.331. The van der Waals surface area contributed by atoms with Gasteiger partial charge in [0.1, 0.15) is 0 Å². The van der Waals surface area contributed by atoms with E-state index >= 15 is 0 Å². The standard InChI is InChI=1S/C24H33NO/c1-8-17(13-18-9-12-25-26-18)20-15-22-21(14-19(20)16(2)3)23(4,5)10-11-24(22,6)7/h9,12-16H,8,10-11H2,1-7H3. The van der Waals surface area contributed by atoms with E-state index in [-0.39, 0.29) is 10.8 Å². The Morgan fingerprint density at radius 2 is 1.73 bits per heavy atom. The first-order valence-electron chi connectivity index (χ1n) is 9.96. The van der Waals surface area contributed by atoms with Gasteiger partial charge in [-0.25, -0.2) is 0 Å². The first-order chi connectivity index (χ1) is 12.2. The first kappa shape index (κ1) is 18.9. The molecule has 0 atom stereocenters. The van der Waals surface area contributed by atoms with Crippen LogP contribution in [0, 0.1) is 0 Å². The molecule has 0 fully saturated rings. The van der Waals surface area contributed by atoms with E-state index in [9.17, 15) is 0 Å². The monoisotopic (exact) mass is 351 g/mol. The van der Waals surface area contributed by atoms with E-state index in [1.165, 1.54) is 40.7 Å². The van der Waals surface area contributed by atoms with Crippen LogP contribution in [0.1, 0.15) is 102 Å². The van der Waals surface area contributed by atoms with Crippen LogP contribution < -0.4 is 0 Å². The van der Waals surface area contributed by atoms with Gasteiger partial charge in [0, 0.05) is 6.07 Å². The first-order valence-corrected chi connectivity index (χ1v) is 9.96. The van der Waals surface area contributed by atoms with Crippen LogP contribution in [0.5, 0.6) is 0 Å². The van der Waals surface area contributed by atoms with Gasteiger partial charge in [0.25, 0.3) is 0 Å². The second kappa shape index (κ2) is 6.72. The summed E-state index contributed by atoms with van der Waals surface area (Å²) in [6, 6.07) is 6.91. The average molecular weight is 352 g/mol. The van der Waals surface area contributed by atoms with Crippen molar-refractivity contribution in [3.05, 3.63) is 52.4 Å². The summed E-state index contributed by atoms with van der Waals surface area (Å²) in [6.45, 7) is 16.4. The van der Waals surface area contributed by atoms with Crippen molar-refractivity contribution >= 4 is 11.6 Å². The molecule has 1 heterocycles. The molecule has 0 bridgehead atoms.